The Bertz CT molecular complexity index is 614. The molecule has 7 nitrogen and oxygen atoms in total. The van der Waals surface area contributed by atoms with Crippen LogP contribution in [0.3, 0.4) is 0 Å². The van der Waals surface area contributed by atoms with E-state index in [0.717, 1.165) is 37.6 Å². The van der Waals surface area contributed by atoms with Gasteiger partial charge in [0.25, 0.3) is 0 Å². The van der Waals surface area contributed by atoms with Crippen molar-refractivity contribution < 1.29 is 17.7 Å². The van der Waals surface area contributed by atoms with Crippen molar-refractivity contribution in [2.75, 3.05) is 13.1 Å². The zero-order chi connectivity index (χ0) is 14.8. The highest BCUT2D eigenvalue weighted by Gasteiger charge is 2.23. The summed E-state index contributed by atoms with van der Waals surface area (Å²) in [5, 5.41) is 13.7. The van der Waals surface area contributed by atoms with Crippen LogP contribution in [0.1, 0.15) is 12.8 Å². The van der Waals surface area contributed by atoms with Crippen LogP contribution in [-0.4, -0.2) is 32.5 Å². The molecule has 1 heterocycles. The van der Waals surface area contributed by atoms with Gasteiger partial charge in [0.05, 0.1) is 9.82 Å². The van der Waals surface area contributed by atoms with E-state index in [1.54, 1.807) is 0 Å². The molecule has 0 spiro atoms. The number of nitrogens with one attached hydrogen (secondary N) is 2. The molecular formula is C11H14FN3O4S. The summed E-state index contributed by atoms with van der Waals surface area (Å²) in [6, 6.07) is 2.56. The molecule has 0 amide bonds. The molecule has 1 aromatic carbocycles. The molecule has 1 aliphatic rings. The second kappa shape index (κ2) is 5.81. The van der Waals surface area contributed by atoms with E-state index >= 15 is 0 Å². The van der Waals surface area contributed by atoms with E-state index in [1.165, 1.54) is 0 Å². The summed E-state index contributed by atoms with van der Waals surface area (Å²) >= 11 is 0. The van der Waals surface area contributed by atoms with Crippen LogP contribution < -0.4 is 10.0 Å². The number of nitrogens with zero attached hydrogens (tertiary/aromatic N) is 1. The van der Waals surface area contributed by atoms with Crippen LogP contribution in [0.4, 0.5) is 10.1 Å². The van der Waals surface area contributed by atoms with E-state index in [4.69, 9.17) is 0 Å². The Balaban J connectivity index is 2.16. The van der Waals surface area contributed by atoms with Crippen LogP contribution in [0.5, 0.6) is 0 Å². The molecule has 0 aliphatic carbocycles. The van der Waals surface area contributed by atoms with Gasteiger partial charge in [-0.05, 0) is 31.5 Å². The molecule has 0 bridgehead atoms. The summed E-state index contributed by atoms with van der Waals surface area (Å²) in [7, 11) is -3.88. The molecule has 9 heteroatoms. The molecule has 1 atom stereocenters. The van der Waals surface area contributed by atoms with Gasteiger partial charge in [-0.25, -0.2) is 13.1 Å². The molecule has 1 saturated heterocycles. The van der Waals surface area contributed by atoms with Crippen molar-refractivity contribution >= 4 is 15.7 Å². The maximum Gasteiger partial charge on any atom is 0.306 e. The van der Waals surface area contributed by atoms with Crippen LogP contribution in [0.25, 0.3) is 0 Å². The normalized spacial score (nSPS) is 19.1. The lowest BCUT2D eigenvalue weighted by Gasteiger charge is -2.12. The molecule has 20 heavy (non-hydrogen) atoms. The van der Waals surface area contributed by atoms with E-state index < -0.39 is 26.5 Å². The van der Waals surface area contributed by atoms with Gasteiger partial charge >= 0.3 is 5.69 Å². The van der Waals surface area contributed by atoms with Crippen molar-refractivity contribution in [3.05, 3.63) is 34.1 Å². The Morgan fingerprint density at radius 2 is 2.25 bits per heavy atom. The molecule has 110 valence electrons. The van der Waals surface area contributed by atoms with Gasteiger partial charge in [0.2, 0.25) is 15.8 Å². The Kier molecular flexibility index (Phi) is 4.31. The van der Waals surface area contributed by atoms with Crippen molar-refractivity contribution in [2.24, 2.45) is 0 Å². The first-order valence-corrected chi connectivity index (χ1v) is 7.55. The van der Waals surface area contributed by atoms with Crippen molar-refractivity contribution in [1.29, 1.82) is 0 Å². The number of hydrogen-bond acceptors (Lipinski definition) is 5. The Hall–Kier alpha value is -1.58. The largest absolute Gasteiger partial charge is 0.313 e. The zero-order valence-electron chi connectivity index (χ0n) is 10.5. The number of nitro groups is 1. The van der Waals surface area contributed by atoms with Crippen LogP contribution >= 0.6 is 0 Å². The molecule has 1 aromatic rings. The van der Waals surface area contributed by atoms with Crippen LogP contribution in [0.2, 0.25) is 0 Å². The van der Waals surface area contributed by atoms with Crippen molar-refractivity contribution in [1.82, 2.24) is 10.0 Å². The molecule has 0 saturated carbocycles. The average Bonchev–Trinajstić information content (AvgIpc) is 2.89. The molecule has 1 unspecified atom stereocenters. The van der Waals surface area contributed by atoms with Crippen LogP contribution in [0.15, 0.2) is 23.1 Å². The second-order valence-corrected chi connectivity index (χ2v) is 6.28. The quantitative estimate of drug-likeness (QED) is 0.618. The lowest BCUT2D eigenvalue weighted by molar-refractivity contribution is -0.387. The van der Waals surface area contributed by atoms with Gasteiger partial charge in [-0.2, -0.15) is 4.39 Å². The fourth-order valence-corrected chi connectivity index (χ4v) is 3.13. The number of rotatable bonds is 5. The van der Waals surface area contributed by atoms with Gasteiger partial charge in [-0.3, -0.25) is 10.1 Å². The first-order chi connectivity index (χ1) is 9.40. The predicted molar refractivity (Wildman–Crippen MR) is 69.3 cm³/mol. The maximum atomic E-state index is 13.2. The maximum absolute atomic E-state index is 13.2. The lowest BCUT2D eigenvalue weighted by Crippen LogP contribution is -2.37. The molecule has 2 rings (SSSR count). The second-order valence-electron chi connectivity index (χ2n) is 4.52. The summed E-state index contributed by atoms with van der Waals surface area (Å²) in [5.74, 6) is -1.06. The van der Waals surface area contributed by atoms with Crippen LogP contribution in [0, 0.1) is 15.9 Å². The highest BCUT2D eigenvalue weighted by molar-refractivity contribution is 7.89. The van der Waals surface area contributed by atoms with Crippen molar-refractivity contribution in [3.8, 4) is 0 Å². The Morgan fingerprint density at radius 1 is 1.50 bits per heavy atom. The first-order valence-electron chi connectivity index (χ1n) is 6.07. The van der Waals surface area contributed by atoms with Crippen LogP contribution in [-0.2, 0) is 10.0 Å². The van der Waals surface area contributed by atoms with Gasteiger partial charge in [-0.1, -0.05) is 0 Å². The summed E-state index contributed by atoms with van der Waals surface area (Å²) in [6.45, 7) is 1.04. The van der Waals surface area contributed by atoms with Gasteiger partial charge in [0, 0.05) is 18.7 Å². The summed E-state index contributed by atoms with van der Waals surface area (Å²) in [4.78, 5) is 9.34. The fraction of sp³-hybridized carbons (Fsp3) is 0.455. The first kappa shape index (κ1) is 14.8. The zero-order valence-corrected chi connectivity index (χ0v) is 11.3. The average molecular weight is 303 g/mol. The molecular weight excluding hydrogens is 289 g/mol. The summed E-state index contributed by atoms with van der Waals surface area (Å²) < 4.78 is 39.5. The summed E-state index contributed by atoms with van der Waals surface area (Å²) in [6.07, 6.45) is 1.85. The van der Waals surface area contributed by atoms with Crippen molar-refractivity contribution in [2.45, 2.75) is 23.8 Å². The number of sulfonamides is 1. The lowest BCUT2D eigenvalue weighted by atomic mass is 10.2. The third-order valence-corrected chi connectivity index (χ3v) is 4.53. The van der Waals surface area contributed by atoms with Gasteiger partial charge in [0.15, 0.2) is 0 Å². The van der Waals surface area contributed by atoms with E-state index in [1.807, 2.05) is 0 Å². The van der Waals surface area contributed by atoms with Gasteiger partial charge < -0.3 is 5.32 Å². The minimum absolute atomic E-state index is 0.0557. The SMILES string of the molecule is O=[N+]([O-])c1cc(S(=O)(=O)NCC2CCCN2)ccc1F. The number of benzene rings is 1. The highest BCUT2D eigenvalue weighted by atomic mass is 32.2. The molecule has 1 aliphatic heterocycles. The van der Waals surface area contributed by atoms with E-state index in [-0.39, 0.29) is 17.5 Å². The minimum Gasteiger partial charge on any atom is -0.313 e. The summed E-state index contributed by atoms with van der Waals surface area (Å²) in [5.41, 5.74) is -0.855. The standard InChI is InChI=1S/C11H14FN3O4S/c12-10-4-3-9(6-11(10)15(16)17)20(18,19)14-7-8-2-1-5-13-8/h3-4,6,8,13-14H,1-2,5,7H2. The minimum atomic E-state index is -3.88. The Morgan fingerprint density at radius 3 is 2.85 bits per heavy atom. The topological polar surface area (TPSA) is 101 Å². The van der Waals surface area contributed by atoms with Crippen molar-refractivity contribution in [3.63, 3.8) is 0 Å². The number of halogens is 1. The fourth-order valence-electron chi connectivity index (χ4n) is 2.02. The third kappa shape index (κ3) is 3.30. The highest BCUT2D eigenvalue weighted by Crippen LogP contribution is 2.21. The van der Waals surface area contributed by atoms with Gasteiger partial charge in [-0.15, -0.1) is 0 Å². The third-order valence-electron chi connectivity index (χ3n) is 3.11. The predicted octanol–water partition coefficient (Wildman–Crippen LogP) is 0.764. The molecule has 0 radical (unpaired) electrons. The molecule has 2 N–H and O–H groups in total. The molecule has 0 aromatic heterocycles. The number of hydrogen-bond donors (Lipinski definition) is 2. The van der Waals surface area contributed by atoms with E-state index in [0.29, 0.717) is 0 Å². The van der Waals surface area contributed by atoms with E-state index in [9.17, 15) is 22.9 Å². The van der Waals surface area contributed by atoms with E-state index in [2.05, 4.69) is 10.0 Å². The Labute approximate surface area is 115 Å². The number of nitro benzene ring substituents is 1. The monoisotopic (exact) mass is 303 g/mol. The smallest absolute Gasteiger partial charge is 0.306 e. The molecule has 1 fully saturated rings. The van der Waals surface area contributed by atoms with Gasteiger partial charge in [0.1, 0.15) is 0 Å².